The van der Waals surface area contributed by atoms with Crippen LogP contribution in [0.15, 0.2) is 65.6 Å². The summed E-state index contributed by atoms with van der Waals surface area (Å²) >= 11 is 5.92. The molecule has 0 spiro atoms. The number of aliphatic carboxylic acids is 1. The van der Waals surface area contributed by atoms with Gasteiger partial charge in [0.15, 0.2) is 5.75 Å². The third kappa shape index (κ3) is 4.67. The summed E-state index contributed by atoms with van der Waals surface area (Å²) in [7, 11) is -2.91. The normalized spacial score (nSPS) is 11.1. The SMILES string of the molecule is COc1ccc(-c2ccccc2)cc1NS(=O)(=O)c1cc(CC(=O)O)cc(Cl)c1O. The molecule has 0 saturated carbocycles. The van der Waals surface area contributed by atoms with E-state index >= 15 is 0 Å². The van der Waals surface area contributed by atoms with E-state index < -0.39 is 33.1 Å². The highest BCUT2D eigenvalue weighted by Gasteiger charge is 2.24. The van der Waals surface area contributed by atoms with Crippen LogP contribution in [0.4, 0.5) is 5.69 Å². The second-order valence-corrected chi connectivity index (χ2v) is 8.44. The van der Waals surface area contributed by atoms with Crippen LogP contribution < -0.4 is 9.46 Å². The fourth-order valence-electron chi connectivity index (χ4n) is 2.91. The number of rotatable bonds is 7. The Morgan fingerprint density at radius 1 is 1.07 bits per heavy atom. The number of hydrogen-bond acceptors (Lipinski definition) is 5. The average molecular weight is 448 g/mol. The van der Waals surface area contributed by atoms with Gasteiger partial charge in [-0.05, 0) is 41.0 Å². The molecule has 0 saturated heterocycles. The van der Waals surface area contributed by atoms with Gasteiger partial charge < -0.3 is 14.9 Å². The number of hydrogen-bond donors (Lipinski definition) is 3. The number of sulfonamides is 1. The summed E-state index contributed by atoms with van der Waals surface area (Å²) in [5.41, 5.74) is 1.90. The van der Waals surface area contributed by atoms with E-state index in [0.29, 0.717) is 0 Å². The lowest BCUT2D eigenvalue weighted by Gasteiger charge is -2.15. The summed E-state index contributed by atoms with van der Waals surface area (Å²) in [6, 6.07) is 16.6. The number of carboxylic acid groups (broad SMARTS) is 1. The minimum absolute atomic E-state index is 0.135. The number of carboxylic acids is 1. The van der Waals surface area contributed by atoms with Crippen molar-refractivity contribution >= 4 is 33.3 Å². The Bertz CT molecular complexity index is 1200. The smallest absolute Gasteiger partial charge is 0.307 e. The molecule has 0 bridgehead atoms. The van der Waals surface area contributed by atoms with Crippen LogP contribution >= 0.6 is 11.6 Å². The Balaban J connectivity index is 2.05. The largest absolute Gasteiger partial charge is 0.505 e. The first-order chi connectivity index (χ1) is 14.2. The molecule has 3 aromatic carbocycles. The minimum Gasteiger partial charge on any atom is -0.505 e. The van der Waals surface area contributed by atoms with Crippen molar-refractivity contribution in [1.82, 2.24) is 0 Å². The lowest BCUT2D eigenvalue weighted by Crippen LogP contribution is -2.15. The van der Waals surface area contributed by atoms with Gasteiger partial charge in [0.1, 0.15) is 10.6 Å². The molecule has 0 radical (unpaired) electrons. The predicted molar refractivity (Wildman–Crippen MR) is 114 cm³/mol. The summed E-state index contributed by atoms with van der Waals surface area (Å²) in [6.07, 6.45) is -0.449. The number of phenols is 1. The molecule has 156 valence electrons. The molecule has 9 heteroatoms. The van der Waals surface area contributed by atoms with Crippen LogP contribution in [-0.4, -0.2) is 31.7 Å². The predicted octanol–water partition coefficient (Wildman–Crippen LogP) is 4.15. The number of phenolic OH excluding ortho intramolecular Hbond substituents is 1. The van der Waals surface area contributed by atoms with Crippen LogP contribution in [0.2, 0.25) is 5.02 Å². The lowest BCUT2D eigenvalue weighted by atomic mass is 10.1. The van der Waals surface area contributed by atoms with Crippen LogP contribution in [-0.2, 0) is 21.2 Å². The van der Waals surface area contributed by atoms with Crippen LogP contribution in [0.1, 0.15) is 5.56 Å². The maximum atomic E-state index is 13.0. The first-order valence-electron chi connectivity index (χ1n) is 8.70. The molecular weight excluding hydrogens is 430 g/mol. The van der Waals surface area contributed by atoms with Gasteiger partial charge in [-0.2, -0.15) is 0 Å². The van der Waals surface area contributed by atoms with E-state index in [2.05, 4.69) is 4.72 Å². The number of benzene rings is 3. The van der Waals surface area contributed by atoms with Crippen molar-refractivity contribution in [1.29, 1.82) is 0 Å². The Labute approximate surface area is 178 Å². The molecule has 0 fully saturated rings. The van der Waals surface area contributed by atoms with Crippen molar-refractivity contribution in [3.05, 3.63) is 71.2 Å². The molecule has 30 heavy (non-hydrogen) atoms. The first kappa shape index (κ1) is 21.5. The fourth-order valence-corrected chi connectivity index (χ4v) is 4.43. The standard InChI is InChI=1S/C21H18ClNO6S/c1-29-18-8-7-15(14-5-3-2-4-6-14)12-17(18)23-30(27,28)19-10-13(11-20(24)25)9-16(22)21(19)26/h2-10,12,23,26H,11H2,1H3,(H,24,25). The number of halogens is 1. The first-order valence-corrected chi connectivity index (χ1v) is 10.6. The zero-order chi connectivity index (χ0) is 21.9. The van der Waals surface area contributed by atoms with E-state index in [4.69, 9.17) is 21.4 Å². The number of nitrogens with one attached hydrogen (secondary N) is 1. The van der Waals surface area contributed by atoms with Crippen LogP contribution in [0.25, 0.3) is 11.1 Å². The zero-order valence-corrected chi connectivity index (χ0v) is 17.4. The van der Waals surface area contributed by atoms with Gasteiger partial charge in [-0.3, -0.25) is 9.52 Å². The number of aromatic hydroxyl groups is 1. The molecule has 0 aliphatic heterocycles. The van der Waals surface area contributed by atoms with Crippen molar-refractivity contribution in [3.8, 4) is 22.6 Å². The van der Waals surface area contributed by atoms with E-state index in [1.165, 1.54) is 13.2 Å². The van der Waals surface area contributed by atoms with Gasteiger partial charge in [-0.15, -0.1) is 0 Å². The van der Waals surface area contributed by atoms with Gasteiger partial charge in [0.25, 0.3) is 10.0 Å². The molecule has 0 aliphatic carbocycles. The second-order valence-electron chi connectivity index (χ2n) is 6.38. The molecule has 7 nitrogen and oxygen atoms in total. The molecule has 0 heterocycles. The number of ether oxygens (including phenoxy) is 1. The quantitative estimate of drug-likeness (QED) is 0.501. The molecule has 3 aromatic rings. The van der Waals surface area contributed by atoms with Crippen molar-refractivity contribution in [2.75, 3.05) is 11.8 Å². The molecule has 3 N–H and O–H groups in total. The Kier molecular flexibility index (Phi) is 6.19. The van der Waals surface area contributed by atoms with Gasteiger partial charge in [0.05, 0.1) is 24.2 Å². The van der Waals surface area contributed by atoms with Crippen LogP contribution in [0.5, 0.6) is 11.5 Å². The third-order valence-electron chi connectivity index (χ3n) is 4.28. The van der Waals surface area contributed by atoms with Gasteiger partial charge in [-0.1, -0.05) is 48.0 Å². The van der Waals surface area contributed by atoms with Crippen molar-refractivity contribution in [2.24, 2.45) is 0 Å². The average Bonchev–Trinajstić information content (AvgIpc) is 2.70. The summed E-state index contributed by atoms with van der Waals surface area (Å²) < 4.78 is 33.6. The Morgan fingerprint density at radius 2 is 1.77 bits per heavy atom. The maximum Gasteiger partial charge on any atom is 0.307 e. The van der Waals surface area contributed by atoms with E-state index in [1.54, 1.807) is 18.2 Å². The van der Waals surface area contributed by atoms with E-state index in [-0.39, 0.29) is 22.0 Å². The zero-order valence-electron chi connectivity index (χ0n) is 15.8. The fraction of sp³-hybridized carbons (Fsp3) is 0.0952. The number of methoxy groups -OCH3 is 1. The molecule has 0 atom stereocenters. The second kappa shape index (κ2) is 8.64. The van der Waals surface area contributed by atoms with Crippen LogP contribution in [0, 0.1) is 0 Å². The monoisotopic (exact) mass is 447 g/mol. The van der Waals surface area contributed by atoms with Crippen molar-refractivity contribution < 1.29 is 28.2 Å². The van der Waals surface area contributed by atoms with Crippen molar-refractivity contribution in [3.63, 3.8) is 0 Å². The molecule has 0 unspecified atom stereocenters. The number of anilines is 1. The highest BCUT2D eigenvalue weighted by atomic mass is 35.5. The van der Waals surface area contributed by atoms with Gasteiger partial charge in [0, 0.05) is 0 Å². The van der Waals surface area contributed by atoms with E-state index in [1.807, 2.05) is 30.3 Å². The van der Waals surface area contributed by atoms with Crippen molar-refractivity contribution in [2.45, 2.75) is 11.3 Å². The van der Waals surface area contributed by atoms with Gasteiger partial charge in [-0.25, -0.2) is 8.42 Å². The summed E-state index contributed by atoms with van der Waals surface area (Å²) in [6.45, 7) is 0. The van der Waals surface area contributed by atoms with Gasteiger partial charge in [0.2, 0.25) is 0 Å². The maximum absolute atomic E-state index is 13.0. The molecular formula is C21H18ClNO6S. The van der Waals surface area contributed by atoms with E-state index in [0.717, 1.165) is 17.2 Å². The lowest BCUT2D eigenvalue weighted by molar-refractivity contribution is -0.136. The summed E-state index contributed by atoms with van der Waals surface area (Å²) in [4.78, 5) is 10.5. The molecule has 0 aromatic heterocycles. The minimum atomic E-state index is -4.31. The van der Waals surface area contributed by atoms with E-state index in [9.17, 15) is 18.3 Å². The Hall–Kier alpha value is -3.23. The summed E-state index contributed by atoms with van der Waals surface area (Å²) in [5.74, 6) is -1.56. The van der Waals surface area contributed by atoms with Crippen LogP contribution in [0.3, 0.4) is 0 Å². The summed E-state index contributed by atoms with van der Waals surface area (Å²) in [5, 5.41) is 18.9. The van der Waals surface area contributed by atoms with Gasteiger partial charge >= 0.3 is 5.97 Å². The third-order valence-corrected chi connectivity index (χ3v) is 5.95. The highest BCUT2D eigenvalue weighted by molar-refractivity contribution is 7.92. The highest BCUT2D eigenvalue weighted by Crippen LogP contribution is 2.36. The topological polar surface area (TPSA) is 113 Å². The Morgan fingerprint density at radius 3 is 2.40 bits per heavy atom. The molecule has 3 rings (SSSR count). The number of carbonyl (C=O) groups is 1. The molecule has 0 amide bonds. The molecule has 0 aliphatic rings.